The summed E-state index contributed by atoms with van der Waals surface area (Å²) >= 11 is 1.33. The summed E-state index contributed by atoms with van der Waals surface area (Å²) in [7, 11) is 3.61. The van der Waals surface area contributed by atoms with E-state index in [1.165, 1.54) is 11.3 Å². The molecule has 168 valence electrons. The summed E-state index contributed by atoms with van der Waals surface area (Å²) < 4.78 is 11.6. The summed E-state index contributed by atoms with van der Waals surface area (Å²) in [6, 6.07) is 13.0. The minimum absolute atomic E-state index is 0.403. The number of pyridine rings is 1. The third-order valence-electron chi connectivity index (χ3n) is 5.62. The number of carbonyl (C=O) groups is 2. The predicted octanol–water partition coefficient (Wildman–Crippen LogP) is 3.64. The molecule has 3 heterocycles. The molecule has 0 spiro atoms. The third-order valence-corrected chi connectivity index (χ3v) is 6.55. The molecular formula is C24H22N4O4S. The number of hydrogen-bond acceptors (Lipinski definition) is 8. The van der Waals surface area contributed by atoms with E-state index in [0.29, 0.717) is 17.2 Å². The van der Waals surface area contributed by atoms with Crippen LogP contribution < -0.4 is 10.1 Å². The van der Waals surface area contributed by atoms with Crippen molar-refractivity contribution in [3.63, 3.8) is 0 Å². The van der Waals surface area contributed by atoms with E-state index in [1.54, 1.807) is 7.11 Å². The largest absolute Gasteiger partial charge is 0.497 e. The number of thiazole rings is 1. The molecule has 0 atom stereocenters. The molecule has 1 N–H and O–H groups in total. The van der Waals surface area contributed by atoms with Crippen LogP contribution in [0.4, 0.5) is 5.13 Å². The molecule has 0 radical (unpaired) electrons. The van der Waals surface area contributed by atoms with Crippen molar-refractivity contribution in [1.82, 2.24) is 14.9 Å². The van der Waals surface area contributed by atoms with Gasteiger partial charge in [0, 0.05) is 36.2 Å². The number of nitrogens with zero attached hydrogens (tertiary/aromatic N) is 3. The number of methoxy groups -OCH3 is 1. The smallest absolute Gasteiger partial charge is 0.339 e. The van der Waals surface area contributed by atoms with Crippen molar-refractivity contribution in [2.75, 3.05) is 32.6 Å². The van der Waals surface area contributed by atoms with Crippen LogP contribution in [0.25, 0.3) is 21.1 Å². The normalized spacial score (nSPS) is 13.6. The van der Waals surface area contributed by atoms with Crippen molar-refractivity contribution in [3.8, 4) is 5.75 Å². The molecule has 0 saturated heterocycles. The Hall–Kier alpha value is -3.56. The standard InChI is InChI=1S/C24H22N4O4S/c1-28-10-9-18-16(12-28)22(15-5-3-4-6-17(15)25-18)23(30)32-13-21(29)27-24-26-19-8-7-14(31-2)11-20(19)33-24/h3-8,11H,9-10,12-13H2,1-2H3,(H,26,27,29). The van der Waals surface area contributed by atoms with Crippen LogP contribution >= 0.6 is 11.3 Å². The van der Waals surface area contributed by atoms with E-state index >= 15 is 0 Å². The zero-order chi connectivity index (χ0) is 22.9. The minimum Gasteiger partial charge on any atom is -0.497 e. The number of likely N-dealkylation sites (N-methyl/N-ethyl adjacent to an activating group) is 1. The van der Waals surface area contributed by atoms with E-state index in [2.05, 4.69) is 15.2 Å². The zero-order valence-corrected chi connectivity index (χ0v) is 19.1. The molecule has 4 aromatic rings. The van der Waals surface area contributed by atoms with Gasteiger partial charge in [-0.3, -0.25) is 15.1 Å². The number of esters is 1. The molecular weight excluding hydrogens is 440 g/mol. The van der Waals surface area contributed by atoms with Crippen LogP contribution in [0.3, 0.4) is 0 Å². The van der Waals surface area contributed by atoms with Crippen molar-refractivity contribution < 1.29 is 19.1 Å². The van der Waals surface area contributed by atoms with Gasteiger partial charge in [-0.15, -0.1) is 0 Å². The lowest BCUT2D eigenvalue weighted by Crippen LogP contribution is -2.30. The molecule has 5 rings (SSSR count). The number of aromatic nitrogens is 2. The number of nitrogens with one attached hydrogen (secondary N) is 1. The van der Waals surface area contributed by atoms with Crippen LogP contribution in [0.5, 0.6) is 5.75 Å². The van der Waals surface area contributed by atoms with Crippen molar-refractivity contribution in [3.05, 3.63) is 59.3 Å². The lowest BCUT2D eigenvalue weighted by Gasteiger charge is -2.26. The van der Waals surface area contributed by atoms with Gasteiger partial charge in [-0.25, -0.2) is 9.78 Å². The maximum atomic E-state index is 13.1. The molecule has 0 unspecified atom stereocenters. The van der Waals surface area contributed by atoms with Gasteiger partial charge in [0.1, 0.15) is 5.75 Å². The number of anilines is 1. The number of rotatable bonds is 5. The molecule has 0 bridgehead atoms. The molecule has 0 fully saturated rings. The number of para-hydroxylation sites is 1. The summed E-state index contributed by atoms with van der Waals surface area (Å²) in [6.07, 6.45) is 0.764. The zero-order valence-electron chi connectivity index (χ0n) is 18.3. The SMILES string of the molecule is COc1ccc2nc(NC(=O)COC(=O)c3c4c(nc5ccccc35)CCN(C)C4)sc2c1. The van der Waals surface area contributed by atoms with Gasteiger partial charge >= 0.3 is 5.97 Å². The maximum absolute atomic E-state index is 13.1. The van der Waals surface area contributed by atoms with Gasteiger partial charge in [0.05, 0.1) is 28.4 Å². The number of amides is 1. The van der Waals surface area contributed by atoms with E-state index in [-0.39, 0.29) is 0 Å². The van der Waals surface area contributed by atoms with Crippen LogP contribution in [0, 0.1) is 0 Å². The first kappa shape index (κ1) is 21.3. The fraction of sp³-hybridized carbons (Fsp3) is 0.250. The molecule has 0 aliphatic carbocycles. The van der Waals surface area contributed by atoms with Crippen molar-refractivity contribution in [2.24, 2.45) is 0 Å². The molecule has 0 saturated carbocycles. The lowest BCUT2D eigenvalue weighted by molar-refractivity contribution is -0.119. The molecule has 1 amide bonds. The molecule has 1 aliphatic heterocycles. The summed E-state index contributed by atoms with van der Waals surface area (Å²) in [4.78, 5) is 36.9. The highest BCUT2D eigenvalue weighted by Crippen LogP contribution is 2.30. The van der Waals surface area contributed by atoms with Gasteiger partial charge < -0.3 is 14.4 Å². The monoisotopic (exact) mass is 462 g/mol. The first-order valence-corrected chi connectivity index (χ1v) is 11.3. The van der Waals surface area contributed by atoms with E-state index in [0.717, 1.165) is 51.1 Å². The van der Waals surface area contributed by atoms with Crippen molar-refractivity contribution >= 4 is 49.5 Å². The average molecular weight is 463 g/mol. The highest BCUT2D eigenvalue weighted by molar-refractivity contribution is 7.22. The Bertz CT molecular complexity index is 1380. The van der Waals surface area contributed by atoms with Crippen molar-refractivity contribution in [2.45, 2.75) is 13.0 Å². The van der Waals surface area contributed by atoms with Gasteiger partial charge in [-0.1, -0.05) is 29.5 Å². The highest BCUT2D eigenvalue weighted by atomic mass is 32.1. The number of fused-ring (bicyclic) bond motifs is 3. The maximum Gasteiger partial charge on any atom is 0.339 e. The van der Waals surface area contributed by atoms with E-state index in [1.807, 2.05) is 49.5 Å². The topological polar surface area (TPSA) is 93.7 Å². The second-order valence-corrected chi connectivity index (χ2v) is 8.92. The molecule has 1 aliphatic rings. The number of benzene rings is 2. The molecule has 2 aromatic heterocycles. The van der Waals surface area contributed by atoms with Crippen LogP contribution in [-0.2, 0) is 22.5 Å². The van der Waals surface area contributed by atoms with E-state index in [4.69, 9.17) is 14.5 Å². The number of carbonyl (C=O) groups excluding carboxylic acids is 2. The number of hydrogen-bond donors (Lipinski definition) is 1. The van der Waals surface area contributed by atoms with Gasteiger partial charge in [0.25, 0.3) is 5.91 Å². The number of ether oxygens (including phenoxy) is 2. The van der Waals surface area contributed by atoms with Crippen LogP contribution in [0.15, 0.2) is 42.5 Å². The van der Waals surface area contributed by atoms with Gasteiger partial charge in [0.2, 0.25) is 0 Å². The first-order chi connectivity index (χ1) is 16.0. The van der Waals surface area contributed by atoms with Gasteiger partial charge in [0.15, 0.2) is 11.7 Å². The molecule has 2 aromatic carbocycles. The fourth-order valence-corrected chi connectivity index (χ4v) is 4.91. The Labute approximate surface area is 194 Å². The van der Waals surface area contributed by atoms with Crippen LogP contribution in [0.1, 0.15) is 21.6 Å². The summed E-state index contributed by atoms with van der Waals surface area (Å²) in [5, 5.41) is 3.88. The lowest BCUT2D eigenvalue weighted by atomic mass is 9.96. The second kappa shape index (κ2) is 8.76. The molecule has 8 nitrogen and oxygen atoms in total. The second-order valence-electron chi connectivity index (χ2n) is 7.89. The third kappa shape index (κ3) is 4.24. The fourth-order valence-electron chi connectivity index (χ4n) is 4.00. The molecule has 33 heavy (non-hydrogen) atoms. The Balaban J connectivity index is 1.34. The Morgan fingerprint density at radius 2 is 2.00 bits per heavy atom. The quantitative estimate of drug-likeness (QED) is 0.453. The van der Waals surface area contributed by atoms with Gasteiger partial charge in [-0.2, -0.15) is 0 Å². The first-order valence-electron chi connectivity index (χ1n) is 10.5. The summed E-state index contributed by atoms with van der Waals surface area (Å²) in [6.45, 7) is 1.08. The van der Waals surface area contributed by atoms with Crippen LogP contribution in [0.2, 0.25) is 0 Å². The Kier molecular flexibility index (Phi) is 5.65. The average Bonchev–Trinajstić information content (AvgIpc) is 3.22. The highest BCUT2D eigenvalue weighted by Gasteiger charge is 2.26. The Morgan fingerprint density at radius 3 is 2.85 bits per heavy atom. The molecule has 9 heteroatoms. The Morgan fingerprint density at radius 1 is 1.15 bits per heavy atom. The van der Waals surface area contributed by atoms with E-state index in [9.17, 15) is 9.59 Å². The van der Waals surface area contributed by atoms with E-state index < -0.39 is 18.5 Å². The summed E-state index contributed by atoms with van der Waals surface area (Å²) in [5.41, 5.74) is 3.78. The summed E-state index contributed by atoms with van der Waals surface area (Å²) in [5.74, 6) is -0.250. The van der Waals surface area contributed by atoms with Crippen molar-refractivity contribution in [1.29, 1.82) is 0 Å². The van der Waals surface area contributed by atoms with Gasteiger partial charge in [-0.05, 0) is 31.3 Å². The minimum atomic E-state index is -0.524. The van der Waals surface area contributed by atoms with Crippen LogP contribution in [-0.4, -0.2) is 54.1 Å². The predicted molar refractivity (Wildman–Crippen MR) is 127 cm³/mol.